The summed E-state index contributed by atoms with van der Waals surface area (Å²) in [5.74, 6) is -0.0825. The molecule has 9 nitrogen and oxygen atoms in total. The summed E-state index contributed by atoms with van der Waals surface area (Å²) in [4.78, 5) is 21.0. The van der Waals surface area contributed by atoms with Crippen LogP contribution in [0.25, 0.3) is 10.9 Å². The lowest BCUT2D eigenvalue weighted by molar-refractivity contribution is -0.135. The van der Waals surface area contributed by atoms with Crippen molar-refractivity contribution in [1.82, 2.24) is 14.5 Å². The smallest absolute Gasteiger partial charge is 0.263 e. The number of benzene rings is 2. The normalized spacial score (nSPS) is 16.4. The molecule has 1 fully saturated rings. The van der Waals surface area contributed by atoms with Gasteiger partial charge in [-0.2, -0.15) is 0 Å². The van der Waals surface area contributed by atoms with Crippen molar-refractivity contribution in [2.24, 2.45) is 0 Å². The van der Waals surface area contributed by atoms with Crippen molar-refractivity contribution in [2.45, 2.75) is 17.5 Å². The molecule has 3 heterocycles. The lowest BCUT2D eigenvalue weighted by Gasteiger charge is -2.42. The Kier molecular flexibility index (Phi) is 6.89. The number of hydrogen-bond acceptors (Lipinski definition) is 7. The number of aromatic nitrogens is 2. The highest BCUT2D eigenvalue weighted by molar-refractivity contribution is 7.93. The van der Waals surface area contributed by atoms with Gasteiger partial charge in [0.25, 0.3) is 10.0 Å². The Morgan fingerprint density at radius 2 is 1.97 bits per heavy atom. The molecule has 1 amide bonds. The lowest BCUT2D eigenvalue weighted by atomic mass is 10.1. The van der Waals surface area contributed by atoms with Crippen molar-refractivity contribution in [2.75, 3.05) is 35.9 Å². The molecule has 2 aromatic heterocycles. The molecule has 1 aliphatic rings. The zero-order valence-corrected chi connectivity index (χ0v) is 21.5. The van der Waals surface area contributed by atoms with Gasteiger partial charge in [0.2, 0.25) is 5.91 Å². The molecule has 0 spiro atoms. The predicted molar refractivity (Wildman–Crippen MR) is 141 cm³/mol. The molecule has 2 N–H and O–H groups in total. The first-order valence-corrected chi connectivity index (χ1v) is 14.0. The number of aliphatic hydroxyl groups is 1. The highest BCUT2D eigenvalue weighted by atomic mass is 35.5. The molecule has 36 heavy (non-hydrogen) atoms. The molecule has 4 aromatic rings. The van der Waals surface area contributed by atoms with Crippen LogP contribution in [-0.2, 0) is 21.4 Å². The van der Waals surface area contributed by atoms with Crippen LogP contribution in [0, 0.1) is 0 Å². The number of nitrogens with zero attached hydrogens (tertiary/aromatic N) is 4. The third kappa shape index (κ3) is 5.05. The predicted octanol–water partition coefficient (Wildman–Crippen LogP) is 3.26. The van der Waals surface area contributed by atoms with Gasteiger partial charge in [0.15, 0.2) is 5.13 Å². The molecule has 0 bridgehead atoms. The number of piperazine rings is 1. The number of aliphatic hydroxyl groups excluding tert-OH is 1. The summed E-state index contributed by atoms with van der Waals surface area (Å²) >= 11 is 7.34. The van der Waals surface area contributed by atoms with Gasteiger partial charge in [-0.05, 0) is 47.9 Å². The van der Waals surface area contributed by atoms with Crippen molar-refractivity contribution in [1.29, 1.82) is 0 Å². The number of sulfonamides is 1. The second kappa shape index (κ2) is 10.1. The van der Waals surface area contributed by atoms with Gasteiger partial charge in [-0.15, -0.1) is 11.3 Å². The van der Waals surface area contributed by atoms with Gasteiger partial charge < -0.3 is 19.5 Å². The van der Waals surface area contributed by atoms with E-state index in [0.717, 1.165) is 16.6 Å². The Hall–Kier alpha value is -3.12. The summed E-state index contributed by atoms with van der Waals surface area (Å²) in [5, 5.41) is 13.7. The molecule has 0 aliphatic carbocycles. The monoisotopic (exact) mass is 545 g/mol. The molecule has 12 heteroatoms. The Labute approximate surface area is 217 Å². The Balaban J connectivity index is 1.25. The van der Waals surface area contributed by atoms with Gasteiger partial charge in [-0.1, -0.05) is 17.7 Å². The van der Waals surface area contributed by atoms with E-state index in [1.165, 1.54) is 17.5 Å². The molecule has 0 saturated carbocycles. The summed E-state index contributed by atoms with van der Waals surface area (Å²) in [6, 6.07) is 13.7. The van der Waals surface area contributed by atoms with Crippen LogP contribution in [0.2, 0.25) is 5.02 Å². The van der Waals surface area contributed by atoms with Crippen molar-refractivity contribution < 1.29 is 18.3 Å². The van der Waals surface area contributed by atoms with Crippen molar-refractivity contribution in [3.05, 3.63) is 71.3 Å². The van der Waals surface area contributed by atoms with Crippen LogP contribution in [0.4, 0.5) is 10.8 Å². The number of halogens is 1. The van der Waals surface area contributed by atoms with Crippen LogP contribution in [0.1, 0.15) is 0 Å². The van der Waals surface area contributed by atoms with Crippen LogP contribution in [0.5, 0.6) is 0 Å². The average molecular weight is 546 g/mol. The van der Waals surface area contributed by atoms with Gasteiger partial charge in [-0.3, -0.25) is 9.52 Å². The number of rotatable bonds is 7. The highest BCUT2D eigenvalue weighted by Gasteiger charge is 2.30. The maximum atomic E-state index is 13.2. The number of hydrogen-bond donors (Lipinski definition) is 2. The van der Waals surface area contributed by atoms with Gasteiger partial charge in [0.1, 0.15) is 6.54 Å². The van der Waals surface area contributed by atoms with Crippen LogP contribution < -0.4 is 9.62 Å². The van der Waals surface area contributed by atoms with E-state index in [-0.39, 0.29) is 30.0 Å². The number of carbonyl (C=O) groups is 1. The van der Waals surface area contributed by atoms with Crippen LogP contribution in [0.15, 0.2) is 71.2 Å². The third-order valence-corrected chi connectivity index (χ3v) is 8.63. The Bertz CT molecular complexity index is 1470. The lowest BCUT2D eigenvalue weighted by Crippen LogP contribution is -2.57. The SMILES string of the molecule is O=C(Cn1ccc2ccc(Cl)cc21)N1CCN(c2ccc(S(=O)(=O)Nc3nccs3)cc2)C[C@@H]1CO. The molecule has 188 valence electrons. The number of thiazole rings is 1. The summed E-state index contributed by atoms with van der Waals surface area (Å²) in [6.45, 7) is 1.41. The molecule has 0 unspecified atom stereocenters. The minimum Gasteiger partial charge on any atom is -0.394 e. The quantitative estimate of drug-likeness (QED) is 0.369. The zero-order chi connectivity index (χ0) is 25.3. The van der Waals surface area contributed by atoms with E-state index in [1.807, 2.05) is 39.9 Å². The number of nitrogens with one attached hydrogen (secondary N) is 1. The topological polar surface area (TPSA) is 108 Å². The molecule has 2 aromatic carbocycles. The van der Waals surface area contributed by atoms with Gasteiger partial charge in [0, 0.05) is 53.6 Å². The zero-order valence-electron chi connectivity index (χ0n) is 19.1. The number of anilines is 2. The second-order valence-corrected chi connectivity index (χ2v) is 11.5. The summed E-state index contributed by atoms with van der Waals surface area (Å²) in [6.07, 6.45) is 3.39. The van der Waals surface area contributed by atoms with E-state index in [4.69, 9.17) is 11.6 Å². The fourth-order valence-electron chi connectivity index (χ4n) is 4.39. The van der Waals surface area contributed by atoms with Crippen LogP contribution in [-0.4, -0.2) is 66.2 Å². The third-order valence-electron chi connectivity index (χ3n) is 6.22. The molecular formula is C24H24ClN5O4S2. The van der Waals surface area contributed by atoms with Crippen LogP contribution >= 0.6 is 22.9 Å². The minimum absolute atomic E-state index is 0.0825. The first-order valence-electron chi connectivity index (χ1n) is 11.3. The standard InChI is InChI=1S/C24H24ClN5O4S2/c25-18-2-1-17-7-9-29(22(17)13-18)15-23(32)30-11-10-28(14-20(30)16-31)19-3-5-21(6-4-19)36(33,34)27-24-26-8-12-35-24/h1-9,12-13,20,31H,10-11,14-16H2,(H,26,27)/t20-/m1/s1. The van der Waals surface area contributed by atoms with E-state index >= 15 is 0 Å². The first-order chi connectivity index (χ1) is 17.3. The molecule has 1 atom stereocenters. The molecular weight excluding hydrogens is 522 g/mol. The van der Waals surface area contributed by atoms with E-state index < -0.39 is 10.0 Å². The molecule has 0 radical (unpaired) electrons. The van der Waals surface area contributed by atoms with Gasteiger partial charge in [-0.25, -0.2) is 13.4 Å². The highest BCUT2D eigenvalue weighted by Crippen LogP contribution is 2.25. The van der Waals surface area contributed by atoms with Gasteiger partial charge in [0.05, 0.1) is 17.5 Å². The Morgan fingerprint density at radius 1 is 1.17 bits per heavy atom. The van der Waals surface area contributed by atoms with E-state index in [1.54, 1.807) is 34.5 Å². The van der Waals surface area contributed by atoms with Crippen molar-refractivity contribution in [3.8, 4) is 0 Å². The van der Waals surface area contributed by atoms with E-state index in [0.29, 0.717) is 29.8 Å². The van der Waals surface area contributed by atoms with Crippen molar-refractivity contribution >= 4 is 60.6 Å². The maximum Gasteiger partial charge on any atom is 0.263 e. The van der Waals surface area contributed by atoms with E-state index in [9.17, 15) is 18.3 Å². The Morgan fingerprint density at radius 3 is 2.69 bits per heavy atom. The molecule has 5 rings (SSSR count). The summed E-state index contributed by atoms with van der Waals surface area (Å²) in [5.41, 5.74) is 1.70. The fraction of sp³-hybridized carbons (Fsp3) is 0.250. The maximum absolute atomic E-state index is 13.2. The molecule has 1 aliphatic heterocycles. The van der Waals surface area contributed by atoms with Crippen LogP contribution in [0.3, 0.4) is 0 Å². The average Bonchev–Trinajstić information content (AvgIpc) is 3.53. The van der Waals surface area contributed by atoms with E-state index in [2.05, 4.69) is 9.71 Å². The van der Waals surface area contributed by atoms with Crippen molar-refractivity contribution in [3.63, 3.8) is 0 Å². The first kappa shape index (κ1) is 24.6. The summed E-state index contributed by atoms with van der Waals surface area (Å²) < 4.78 is 29.5. The molecule has 1 saturated heterocycles. The van der Waals surface area contributed by atoms with Gasteiger partial charge >= 0.3 is 0 Å². The minimum atomic E-state index is -3.73. The number of amides is 1. The fourth-order valence-corrected chi connectivity index (χ4v) is 6.34. The number of carbonyl (C=O) groups excluding carboxylic acids is 1. The number of fused-ring (bicyclic) bond motifs is 1. The second-order valence-electron chi connectivity index (χ2n) is 8.45. The largest absolute Gasteiger partial charge is 0.394 e. The summed E-state index contributed by atoms with van der Waals surface area (Å²) in [7, 11) is -3.73.